The lowest BCUT2D eigenvalue weighted by Gasteiger charge is -2.07. The zero-order chi connectivity index (χ0) is 15.5. The Labute approximate surface area is 124 Å². The fourth-order valence-electron chi connectivity index (χ4n) is 2.16. The maximum absolute atomic E-state index is 12.2. The van der Waals surface area contributed by atoms with Gasteiger partial charge in [-0.1, -0.05) is 12.1 Å². The molecule has 0 saturated carbocycles. The minimum Gasteiger partial charge on any atom is -0.467 e. The van der Waals surface area contributed by atoms with Crippen molar-refractivity contribution < 1.29 is 9.21 Å². The summed E-state index contributed by atoms with van der Waals surface area (Å²) in [4.78, 5) is 36.0. The van der Waals surface area contributed by atoms with E-state index in [1.54, 1.807) is 36.4 Å². The molecule has 0 radical (unpaired) electrons. The molecule has 112 valence electrons. The lowest BCUT2D eigenvalue weighted by atomic mass is 10.2. The fraction of sp³-hybridized carbons (Fsp3) is 0.133. The van der Waals surface area contributed by atoms with Gasteiger partial charge < -0.3 is 9.73 Å². The molecule has 2 N–H and O–H groups in total. The van der Waals surface area contributed by atoms with Crippen molar-refractivity contribution in [3.8, 4) is 0 Å². The Morgan fingerprint density at radius 1 is 1.14 bits per heavy atom. The molecule has 1 aromatic carbocycles. The Bertz CT molecular complexity index is 922. The number of carbonyl (C=O) groups excluding carboxylic acids is 1. The Morgan fingerprint density at radius 2 is 1.91 bits per heavy atom. The number of H-pyrrole nitrogens is 1. The van der Waals surface area contributed by atoms with Gasteiger partial charge in [0.1, 0.15) is 12.3 Å². The van der Waals surface area contributed by atoms with Crippen LogP contribution in [0.5, 0.6) is 0 Å². The van der Waals surface area contributed by atoms with Crippen molar-refractivity contribution in [3.63, 3.8) is 0 Å². The highest BCUT2D eigenvalue weighted by atomic mass is 16.3. The van der Waals surface area contributed by atoms with E-state index in [0.717, 1.165) is 4.68 Å². The summed E-state index contributed by atoms with van der Waals surface area (Å²) in [6.07, 6.45) is 1.51. The van der Waals surface area contributed by atoms with Crippen molar-refractivity contribution in [3.05, 3.63) is 69.1 Å². The molecule has 3 aromatic rings. The van der Waals surface area contributed by atoms with Crippen molar-refractivity contribution in [1.82, 2.24) is 15.1 Å². The number of carbonyl (C=O) groups is 1. The fourth-order valence-corrected chi connectivity index (χ4v) is 2.16. The molecule has 0 unspecified atom stereocenters. The maximum atomic E-state index is 12.2. The van der Waals surface area contributed by atoms with Crippen molar-refractivity contribution in [2.75, 3.05) is 0 Å². The van der Waals surface area contributed by atoms with Gasteiger partial charge in [-0.3, -0.25) is 19.5 Å². The van der Waals surface area contributed by atoms with Gasteiger partial charge in [0.05, 0.1) is 23.6 Å². The number of benzene rings is 1. The number of amides is 1. The van der Waals surface area contributed by atoms with Crippen LogP contribution in [0.1, 0.15) is 5.76 Å². The molecule has 0 spiro atoms. The van der Waals surface area contributed by atoms with Gasteiger partial charge >= 0.3 is 0 Å². The normalized spacial score (nSPS) is 10.7. The van der Waals surface area contributed by atoms with E-state index >= 15 is 0 Å². The second kappa shape index (κ2) is 5.72. The first-order valence-corrected chi connectivity index (χ1v) is 6.66. The number of aromatic nitrogens is 2. The first-order chi connectivity index (χ1) is 10.6. The number of aromatic amines is 1. The Hall–Kier alpha value is -3.09. The highest BCUT2D eigenvalue weighted by Crippen LogP contribution is 2.02. The summed E-state index contributed by atoms with van der Waals surface area (Å²) >= 11 is 0. The summed E-state index contributed by atoms with van der Waals surface area (Å²) in [7, 11) is 0. The third-order valence-electron chi connectivity index (χ3n) is 3.23. The van der Waals surface area contributed by atoms with Crippen molar-refractivity contribution in [2.24, 2.45) is 0 Å². The number of fused-ring (bicyclic) bond motifs is 1. The summed E-state index contributed by atoms with van der Waals surface area (Å²) in [5.41, 5.74) is -0.822. The molecule has 3 rings (SSSR count). The molecule has 2 aromatic heterocycles. The molecular formula is C15H13N3O4. The van der Waals surface area contributed by atoms with Gasteiger partial charge in [-0.05, 0) is 24.3 Å². The zero-order valence-corrected chi connectivity index (χ0v) is 11.5. The highest BCUT2D eigenvalue weighted by Gasteiger charge is 2.10. The molecule has 0 atom stereocenters. The molecule has 7 nitrogen and oxygen atoms in total. The molecule has 0 bridgehead atoms. The van der Waals surface area contributed by atoms with Crippen LogP contribution in [-0.4, -0.2) is 15.7 Å². The second-order valence-electron chi connectivity index (χ2n) is 4.73. The molecule has 0 fully saturated rings. The van der Waals surface area contributed by atoms with Gasteiger partial charge in [-0.15, -0.1) is 0 Å². The predicted molar refractivity (Wildman–Crippen MR) is 79.4 cm³/mol. The predicted octanol–water partition coefficient (Wildman–Crippen LogP) is 0.599. The van der Waals surface area contributed by atoms with Gasteiger partial charge in [0, 0.05) is 0 Å². The lowest BCUT2D eigenvalue weighted by Crippen LogP contribution is -2.36. The summed E-state index contributed by atoms with van der Waals surface area (Å²) < 4.78 is 6.10. The SMILES string of the molecule is O=C(Cn1[nH]c(=O)c2ccccc2c1=O)NCc1ccco1. The number of rotatable bonds is 4. The quantitative estimate of drug-likeness (QED) is 0.737. The average Bonchev–Trinajstić information content (AvgIpc) is 3.04. The molecule has 0 aliphatic rings. The molecule has 0 aliphatic carbocycles. The van der Waals surface area contributed by atoms with Crippen LogP contribution in [-0.2, 0) is 17.9 Å². The molecule has 0 saturated heterocycles. The van der Waals surface area contributed by atoms with Crippen molar-refractivity contribution >= 4 is 16.7 Å². The summed E-state index contributed by atoms with van der Waals surface area (Å²) in [6, 6.07) is 9.92. The first kappa shape index (κ1) is 13.9. The van der Waals surface area contributed by atoms with Crippen molar-refractivity contribution in [2.45, 2.75) is 13.1 Å². The first-order valence-electron chi connectivity index (χ1n) is 6.66. The highest BCUT2D eigenvalue weighted by molar-refractivity contribution is 5.81. The maximum Gasteiger partial charge on any atom is 0.273 e. The number of furan rings is 1. The van der Waals surface area contributed by atoms with Gasteiger partial charge in [-0.2, -0.15) is 0 Å². The number of nitrogens with one attached hydrogen (secondary N) is 2. The van der Waals surface area contributed by atoms with Crippen LogP contribution < -0.4 is 16.4 Å². The van der Waals surface area contributed by atoms with E-state index in [9.17, 15) is 14.4 Å². The minimum absolute atomic E-state index is 0.221. The molecular weight excluding hydrogens is 286 g/mol. The standard InChI is InChI=1S/C15H13N3O4/c19-13(16-8-10-4-3-7-22-10)9-18-15(21)12-6-2-1-5-11(12)14(20)17-18/h1-7H,8-9H2,(H,16,19)(H,17,20). The topological polar surface area (TPSA) is 97.1 Å². The van der Waals surface area contributed by atoms with Gasteiger partial charge in [0.2, 0.25) is 5.91 Å². The smallest absolute Gasteiger partial charge is 0.273 e. The molecule has 1 amide bonds. The van der Waals surface area contributed by atoms with E-state index < -0.39 is 17.0 Å². The molecule has 2 heterocycles. The molecule has 0 aliphatic heterocycles. The van der Waals surface area contributed by atoms with E-state index in [1.807, 2.05) is 0 Å². The van der Waals surface area contributed by atoms with E-state index in [-0.39, 0.29) is 18.5 Å². The van der Waals surface area contributed by atoms with Crippen molar-refractivity contribution in [1.29, 1.82) is 0 Å². The van der Waals surface area contributed by atoms with Crippen LogP contribution in [0.15, 0.2) is 56.7 Å². The Morgan fingerprint density at radius 3 is 2.64 bits per heavy atom. The lowest BCUT2D eigenvalue weighted by molar-refractivity contribution is -0.122. The van der Waals surface area contributed by atoms with Crippen LogP contribution in [0.4, 0.5) is 0 Å². The van der Waals surface area contributed by atoms with Crippen LogP contribution in [0.25, 0.3) is 10.8 Å². The monoisotopic (exact) mass is 299 g/mol. The van der Waals surface area contributed by atoms with Gasteiger partial charge in [-0.25, -0.2) is 4.68 Å². The largest absolute Gasteiger partial charge is 0.467 e. The second-order valence-corrected chi connectivity index (χ2v) is 4.73. The average molecular weight is 299 g/mol. The summed E-state index contributed by atoms with van der Waals surface area (Å²) in [5.74, 6) is 0.206. The third kappa shape index (κ3) is 2.69. The van der Waals surface area contributed by atoms with Crippen LogP contribution in [0, 0.1) is 0 Å². The van der Waals surface area contributed by atoms with E-state index in [4.69, 9.17) is 4.42 Å². The van der Waals surface area contributed by atoms with Crippen LogP contribution >= 0.6 is 0 Å². The van der Waals surface area contributed by atoms with E-state index in [1.165, 1.54) is 6.26 Å². The summed E-state index contributed by atoms with van der Waals surface area (Å²) in [6.45, 7) is -0.0436. The molecule has 22 heavy (non-hydrogen) atoms. The third-order valence-corrected chi connectivity index (χ3v) is 3.23. The number of nitrogens with zero attached hydrogens (tertiary/aromatic N) is 1. The number of hydrogen-bond acceptors (Lipinski definition) is 4. The number of hydrogen-bond donors (Lipinski definition) is 2. The molecule has 7 heteroatoms. The zero-order valence-electron chi connectivity index (χ0n) is 11.5. The Balaban J connectivity index is 1.82. The van der Waals surface area contributed by atoms with E-state index in [2.05, 4.69) is 10.4 Å². The van der Waals surface area contributed by atoms with Crippen LogP contribution in [0.3, 0.4) is 0 Å². The van der Waals surface area contributed by atoms with Gasteiger partial charge in [0.15, 0.2) is 0 Å². The van der Waals surface area contributed by atoms with Gasteiger partial charge in [0.25, 0.3) is 11.1 Å². The minimum atomic E-state index is -0.414. The van der Waals surface area contributed by atoms with E-state index in [0.29, 0.717) is 11.1 Å². The van der Waals surface area contributed by atoms with Crippen LogP contribution in [0.2, 0.25) is 0 Å². The Kier molecular flexibility index (Phi) is 3.61. The summed E-state index contributed by atoms with van der Waals surface area (Å²) in [5, 5.41) is 5.61.